The van der Waals surface area contributed by atoms with E-state index in [0.717, 1.165) is 5.76 Å². The molecule has 2 aromatic heterocycles. The van der Waals surface area contributed by atoms with Crippen LogP contribution < -0.4 is 5.73 Å². The zero-order valence-electron chi connectivity index (χ0n) is 7.69. The molecule has 0 spiro atoms. The molecule has 0 saturated heterocycles. The number of ether oxygens (including phenoxy) is 1. The molecule has 0 aliphatic heterocycles. The first-order valence-corrected chi connectivity index (χ1v) is 4.09. The van der Waals surface area contributed by atoms with Gasteiger partial charge in [-0.1, -0.05) is 0 Å². The van der Waals surface area contributed by atoms with Crippen LogP contribution in [0.25, 0.3) is 11.5 Å². The summed E-state index contributed by atoms with van der Waals surface area (Å²) in [5.41, 5.74) is 5.34. The largest absolute Gasteiger partial charge is 0.455 e. The number of furan rings is 1. The second-order valence-electron chi connectivity index (χ2n) is 2.76. The number of nitrogens with two attached hydrogens (primary N) is 1. The normalized spacial score (nSPS) is 10.6. The topological polar surface area (TPSA) is 74.4 Å². The van der Waals surface area contributed by atoms with Gasteiger partial charge in [-0.2, -0.15) is 0 Å². The number of anilines is 1. The van der Waals surface area contributed by atoms with E-state index >= 15 is 0 Å². The van der Waals surface area contributed by atoms with E-state index in [4.69, 9.17) is 19.3 Å². The van der Waals surface area contributed by atoms with Crippen molar-refractivity contribution >= 4 is 6.01 Å². The minimum Gasteiger partial charge on any atom is -0.455 e. The van der Waals surface area contributed by atoms with E-state index in [0.29, 0.717) is 18.1 Å². The van der Waals surface area contributed by atoms with Crippen molar-refractivity contribution in [1.82, 2.24) is 4.98 Å². The third-order valence-electron chi connectivity index (χ3n) is 1.71. The van der Waals surface area contributed by atoms with Gasteiger partial charge in [0.15, 0.2) is 11.5 Å². The predicted molar refractivity (Wildman–Crippen MR) is 49.3 cm³/mol. The summed E-state index contributed by atoms with van der Waals surface area (Å²) in [6.45, 7) is 0.434. The van der Waals surface area contributed by atoms with Crippen LogP contribution in [0, 0.1) is 0 Å². The fraction of sp³-hybridized carbons (Fsp3) is 0.222. The summed E-state index contributed by atoms with van der Waals surface area (Å²) in [5.74, 6) is 1.85. The van der Waals surface area contributed by atoms with Crippen molar-refractivity contribution < 1.29 is 13.6 Å². The molecule has 0 aromatic carbocycles. The Morgan fingerprint density at radius 3 is 2.86 bits per heavy atom. The van der Waals surface area contributed by atoms with E-state index in [2.05, 4.69) is 4.98 Å². The summed E-state index contributed by atoms with van der Waals surface area (Å²) in [6.07, 6.45) is 1.52. The molecule has 2 rings (SSSR count). The lowest BCUT2D eigenvalue weighted by Crippen LogP contribution is -1.81. The fourth-order valence-corrected chi connectivity index (χ4v) is 1.13. The molecule has 0 saturated carbocycles. The lowest BCUT2D eigenvalue weighted by molar-refractivity contribution is 0.165. The van der Waals surface area contributed by atoms with E-state index < -0.39 is 0 Å². The molecule has 14 heavy (non-hydrogen) atoms. The Balaban J connectivity index is 2.24. The highest BCUT2D eigenvalue weighted by Crippen LogP contribution is 2.23. The molecule has 0 aliphatic rings. The molecule has 5 nitrogen and oxygen atoms in total. The van der Waals surface area contributed by atoms with Gasteiger partial charge in [-0.3, -0.25) is 0 Å². The van der Waals surface area contributed by atoms with Gasteiger partial charge >= 0.3 is 0 Å². The lowest BCUT2D eigenvalue weighted by atomic mass is 10.4. The maximum atomic E-state index is 5.41. The van der Waals surface area contributed by atoms with Crippen LogP contribution >= 0.6 is 0 Å². The number of aromatic nitrogens is 1. The quantitative estimate of drug-likeness (QED) is 0.804. The van der Waals surface area contributed by atoms with E-state index in [1.165, 1.54) is 6.20 Å². The van der Waals surface area contributed by atoms with Gasteiger partial charge in [0.25, 0.3) is 6.01 Å². The molecular weight excluding hydrogens is 184 g/mol. The van der Waals surface area contributed by atoms with Gasteiger partial charge in [-0.25, -0.2) is 4.98 Å². The zero-order chi connectivity index (χ0) is 9.97. The molecule has 74 valence electrons. The standard InChI is InChI=1S/C9H10N2O3/c1-12-5-6-2-3-7(13-6)8-4-11-9(10)14-8/h2-4H,5H2,1H3,(H2,10,11). The molecule has 0 fully saturated rings. The van der Waals surface area contributed by atoms with Crippen LogP contribution in [-0.4, -0.2) is 12.1 Å². The molecule has 0 bridgehead atoms. The summed E-state index contributed by atoms with van der Waals surface area (Å²) in [4.78, 5) is 3.77. The van der Waals surface area contributed by atoms with Crippen molar-refractivity contribution in [2.75, 3.05) is 12.8 Å². The molecule has 0 amide bonds. The SMILES string of the molecule is COCc1ccc(-c2cnc(N)o2)o1. The van der Waals surface area contributed by atoms with Crippen LogP contribution in [-0.2, 0) is 11.3 Å². The molecule has 0 unspecified atom stereocenters. The third kappa shape index (κ3) is 1.62. The number of nitrogen functional groups attached to an aromatic ring is 1. The molecule has 2 heterocycles. The van der Waals surface area contributed by atoms with Gasteiger partial charge in [0, 0.05) is 7.11 Å². The van der Waals surface area contributed by atoms with Crippen molar-refractivity contribution in [3.05, 3.63) is 24.1 Å². The molecule has 5 heteroatoms. The molecule has 2 N–H and O–H groups in total. The van der Waals surface area contributed by atoms with Crippen LogP contribution in [0.4, 0.5) is 6.01 Å². The van der Waals surface area contributed by atoms with Gasteiger partial charge in [-0.05, 0) is 12.1 Å². The number of methoxy groups -OCH3 is 1. The van der Waals surface area contributed by atoms with E-state index in [9.17, 15) is 0 Å². The Morgan fingerprint density at radius 1 is 1.36 bits per heavy atom. The average Bonchev–Trinajstić information content (AvgIpc) is 2.74. The molecular formula is C9H10N2O3. The Hall–Kier alpha value is -1.75. The minimum absolute atomic E-state index is 0.129. The van der Waals surface area contributed by atoms with Crippen LogP contribution in [0.5, 0.6) is 0 Å². The van der Waals surface area contributed by atoms with Gasteiger partial charge < -0.3 is 19.3 Å². The van der Waals surface area contributed by atoms with Crippen molar-refractivity contribution in [1.29, 1.82) is 0 Å². The smallest absolute Gasteiger partial charge is 0.292 e. The van der Waals surface area contributed by atoms with Gasteiger partial charge in [0.05, 0.1) is 6.20 Å². The van der Waals surface area contributed by atoms with Crippen molar-refractivity contribution in [2.45, 2.75) is 6.61 Å². The zero-order valence-corrected chi connectivity index (χ0v) is 7.69. The number of hydrogen-bond donors (Lipinski definition) is 1. The Morgan fingerprint density at radius 2 is 2.21 bits per heavy atom. The Kier molecular flexibility index (Phi) is 2.24. The van der Waals surface area contributed by atoms with Crippen LogP contribution in [0.3, 0.4) is 0 Å². The van der Waals surface area contributed by atoms with Gasteiger partial charge in [-0.15, -0.1) is 0 Å². The number of oxazole rings is 1. The van der Waals surface area contributed by atoms with E-state index in [1.807, 2.05) is 6.07 Å². The van der Waals surface area contributed by atoms with Crippen molar-refractivity contribution in [2.24, 2.45) is 0 Å². The Labute approximate surface area is 80.5 Å². The second-order valence-corrected chi connectivity index (χ2v) is 2.76. The molecule has 0 atom stereocenters. The predicted octanol–water partition coefficient (Wildman–Crippen LogP) is 1.66. The summed E-state index contributed by atoms with van der Waals surface area (Å²) < 4.78 is 15.4. The third-order valence-corrected chi connectivity index (χ3v) is 1.71. The number of rotatable bonds is 3. The average molecular weight is 194 g/mol. The summed E-state index contributed by atoms with van der Waals surface area (Å²) >= 11 is 0. The summed E-state index contributed by atoms with van der Waals surface area (Å²) in [6, 6.07) is 3.73. The highest BCUT2D eigenvalue weighted by Gasteiger charge is 2.08. The monoisotopic (exact) mass is 194 g/mol. The van der Waals surface area contributed by atoms with Crippen LogP contribution in [0.2, 0.25) is 0 Å². The van der Waals surface area contributed by atoms with E-state index in [1.54, 1.807) is 13.2 Å². The number of nitrogens with zero attached hydrogens (tertiary/aromatic N) is 1. The van der Waals surface area contributed by atoms with Crippen LogP contribution in [0.15, 0.2) is 27.2 Å². The number of hydrogen-bond acceptors (Lipinski definition) is 5. The molecule has 0 radical (unpaired) electrons. The first-order chi connectivity index (χ1) is 6.79. The fourth-order valence-electron chi connectivity index (χ4n) is 1.13. The first-order valence-electron chi connectivity index (χ1n) is 4.09. The maximum absolute atomic E-state index is 5.41. The van der Waals surface area contributed by atoms with Crippen molar-refractivity contribution in [3.63, 3.8) is 0 Å². The maximum Gasteiger partial charge on any atom is 0.292 e. The minimum atomic E-state index is 0.129. The first kappa shape index (κ1) is 8.83. The summed E-state index contributed by atoms with van der Waals surface area (Å²) in [5, 5.41) is 0. The van der Waals surface area contributed by atoms with Gasteiger partial charge in [0.2, 0.25) is 0 Å². The lowest BCUT2D eigenvalue weighted by Gasteiger charge is -1.92. The highest BCUT2D eigenvalue weighted by atomic mass is 16.5. The second kappa shape index (κ2) is 3.55. The van der Waals surface area contributed by atoms with Crippen molar-refractivity contribution in [3.8, 4) is 11.5 Å². The van der Waals surface area contributed by atoms with E-state index in [-0.39, 0.29) is 6.01 Å². The van der Waals surface area contributed by atoms with Crippen LogP contribution in [0.1, 0.15) is 5.76 Å². The summed E-state index contributed by atoms with van der Waals surface area (Å²) in [7, 11) is 1.61. The molecule has 2 aromatic rings. The highest BCUT2D eigenvalue weighted by molar-refractivity contribution is 5.49. The molecule has 0 aliphatic carbocycles. The van der Waals surface area contributed by atoms with Gasteiger partial charge in [0.1, 0.15) is 12.4 Å². The Bertz CT molecular complexity index is 419.